The molecule has 3 rings (SSSR count). The fourth-order valence-corrected chi connectivity index (χ4v) is 3.66. The molecule has 0 aliphatic heterocycles. The largest absolute Gasteiger partial charge is 0.495 e. The Kier molecular flexibility index (Phi) is 9.40. The highest BCUT2D eigenvalue weighted by molar-refractivity contribution is 6.23. The van der Waals surface area contributed by atoms with Crippen molar-refractivity contribution >= 4 is 22.9 Å². The van der Waals surface area contributed by atoms with Crippen LogP contribution in [0.2, 0.25) is 0 Å². The number of terminal acetylenes is 1. The Bertz CT molecular complexity index is 1370. The number of hydrogen-bond donors (Lipinski definition) is 2. The monoisotopic (exact) mass is 527 g/mol. The van der Waals surface area contributed by atoms with E-state index in [-0.39, 0.29) is 31.1 Å². The summed E-state index contributed by atoms with van der Waals surface area (Å²) in [5.74, 6) is 0.274. The van der Waals surface area contributed by atoms with Gasteiger partial charge in [-0.15, -0.1) is 0 Å². The number of nitrogens with one attached hydrogen (secondary N) is 1. The van der Waals surface area contributed by atoms with Gasteiger partial charge >= 0.3 is 6.18 Å². The van der Waals surface area contributed by atoms with Gasteiger partial charge in [0.25, 0.3) is 0 Å². The molecule has 0 unspecified atom stereocenters. The van der Waals surface area contributed by atoms with E-state index in [4.69, 9.17) is 20.8 Å². The summed E-state index contributed by atoms with van der Waals surface area (Å²) in [6.07, 6.45) is 2.16. The molecule has 1 aromatic heterocycles. The molecular formula is C27H26F3N4O4+. The maximum Gasteiger partial charge on any atom is 0.416 e. The Balaban J connectivity index is 1.66. The number of aliphatic imine (C=N–C) groups is 1. The summed E-state index contributed by atoms with van der Waals surface area (Å²) >= 11 is 0. The van der Waals surface area contributed by atoms with Crippen LogP contribution >= 0.6 is 0 Å². The molecular weight excluding hydrogens is 501 g/mol. The minimum atomic E-state index is -4.51. The number of carbonyl (C=O) groups excluding carboxylic acids is 1. The Morgan fingerprint density at radius 1 is 1.24 bits per heavy atom. The second-order valence-electron chi connectivity index (χ2n) is 8.20. The first kappa shape index (κ1) is 28.1. The van der Waals surface area contributed by atoms with Gasteiger partial charge in [-0.05, 0) is 42.3 Å². The summed E-state index contributed by atoms with van der Waals surface area (Å²) in [6.45, 7) is 3.89. The number of anilines is 1. The number of aliphatic hydroxyl groups excluding tert-OH is 1. The Labute approximate surface area is 217 Å². The number of amides is 1. The van der Waals surface area contributed by atoms with Crippen molar-refractivity contribution in [2.45, 2.75) is 33.0 Å². The van der Waals surface area contributed by atoms with Gasteiger partial charge in [0.1, 0.15) is 12.4 Å². The van der Waals surface area contributed by atoms with Crippen LogP contribution in [0.4, 0.5) is 18.9 Å². The van der Waals surface area contributed by atoms with Crippen LogP contribution in [0, 0.1) is 12.5 Å². The molecule has 0 saturated carbocycles. The zero-order valence-electron chi connectivity index (χ0n) is 20.7. The molecule has 2 aromatic carbocycles. The Morgan fingerprint density at radius 2 is 1.97 bits per heavy atom. The summed E-state index contributed by atoms with van der Waals surface area (Å²) in [7, 11) is 0. The first-order valence-corrected chi connectivity index (χ1v) is 11.5. The van der Waals surface area contributed by atoms with Gasteiger partial charge in [-0.2, -0.15) is 13.2 Å². The molecule has 0 radical (unpaired) electrons. The van der Waals surface area contributed by atoms with Gasteiger partial charge < -0.3 is 19.7 Å². The molecule has 198 valence electrons. The number of halogens is 3. The summed E-state index contributed by atoms with van der Waals surface area (Å²) in [6, 6.07) is 14.1. The Morgan fingerprint density at radius 3 is 2.63 bits per heavy atom. The highest BCUT2D eigenvalue weighted by atomic mass is 19.4. The molecule has 0 bridgehead atoms. The third-order valence-corrected chi connectivity index (χ3v) is 5.31. The number of aromatic nitrogens is 2. The lowest BCUT2D eigenvalue weighted by molar-refractivity contribution is -0.754. The lowest BCUT2D eigenvalue weighted by atomic mass is 9.99. The second-order valence-corrected chi connectivity index (χ2v) is 8.20. The molecule has 3 aromatic rings. The molecule has 0 atom stereocenters. The van der Waals surface area contributed by atoms with Gasteiger partial charge in [0, 0.05) is 22.9 Å². The normalized spacial score (nSPS) is 12.5. The smallest absolute Gasteiger partial charge is 0.416 e. The van der Waals surface area contributed by atoms with E-state index in [0.29, 0.717) is 23.6 Å². The molecule has 0 saturated heterocycles. The van der Waals surface area contributed by atoms with E-state index in [9.17, 15) is 18.0 Å². The molecule has 1 heterocycles. The SMILES string of the molecule is C#CN=C(C)/C(=C(\C)OCCO)c1ccc(C[n+]2cc(CC(=O)Nc3cccc(C(F)(F)F)c3)on2)cc1. The van der Waals surface area contributed by atoms with E-state index >= 15 is 0 Å². The van der Waals surface area contributed by atoms with Crippen LogP contribution in [0.1, 0.15) is 36.3 Å². The average Bonchev–Trinajstić information content (AvgIpc) is 3.30. The zero-order chi connectivity index (χ0) is 27.7. The number of hydrogen-bond acceptors (Lipinski definition) is 6. The lowest BCUT2D eigenvalue weighted by Gasteiger charge is -2.13. The van der Waals surface area contributed by atoms with Gasteiger partial charge in [0.05, 0.1) is 24.3 Å². The van der Waals surface area contributed by atoms with Crippen molar-refractivity contribution in [3.63, 3.8) is 0 Å². The zero-order valence-corrected chi connectivity index (χ0v) is 20.7. The van der Waals surface area contributed by atoms with Crippen molar-refractivity contribution in [1.82, 2.24) is 5.27 Å². The molecule has 8 nitrogen and oxygen atoms in total. The van der Waals surface area contributed by atoms with Crippen LogP contribution in [-0.2, 0) is 28.7 Å². The van der Waals surface area contributed by atoms with E-state index in [1.807, 2.05) is 24.3 Å². The summed E-state index contributed by atoms with van der Waals surface area (Å²) in [5, 5.41) is 15.4. The number of alkyl halides is 3. The van der Waals surface area contributed by atoms with Gasteiger partial charge in [-0.3, -0.25) is 4.79 Å². The van der Waals surface area contributed by atoms with Crippen molar-refractivity contribution in [3.05, 3.63) is 82.9 Å². The second kappa shape index (κ2) is 12.7. The minimum absolute atomic E-state index is 0.0326. The van der Waals surface area contributed by atoms with Gasteiger partial charge in [0.2, 0.25) is 24.4 Å². The topological polar surface area (TPSA) is 101 Å². The van der Waals surface area contributed by atoms with Crippen molar-refractivity contribution in [2.75, 3.05) is 18.5 Å². The van der Waals surface area contributed by atoms with Crippen LogP contribution in [0.25, 0.3) is 5.57 Å². The number of carbonyl (C=O) groups is 1. The standard InChI is InChI=1S/C27H25F3N4O4/c1-4-31-18(2)26(19(3)37-13-12-35)21-10-8-20(9-11-21)16-34-17-24(38-33-34)15-25(36)32-23-7-5-6-22(14-23)27(28,29)30/h1,5-11,14,17,35H,12-13,15-16H2,2-3H3/p+1/b26-19-,31-18?. The Hall–Kier alpha value is -4.43. The van der Waals surface area contributed by atoms with Gasteiger partial charge in [-0.25, -0.2) is 4.99 Å². The molecule has 0 aliphatic carbocycles. The molecule has 11 heteroatoms. The number of aliphatic hydroxyl groups is 1. The molecule has 38 heavy (non-hydrogen) atoms. The number of allylic oxidation sites excluding steroid dienone is 2. The highest BCUT2D eigenvalue weighted by Crippen LogP contribution is 2.30. The summed E-state index contributed by atoms with van der Waals surface area (Å²) in [4.78, 5) is 16.3. The van der Waals surface area contributed by atoms with E-state index in [0.717, 1.165) is 23.3 Å². The minimum Gasteiger partial charge on any atom is -0.495 e. The van der Waals surface area contributed by atoms with Crippen LogP contribution in [0.15, 0.2) is 70.0 Å². The van der Waals surface area contributed by atoms with E-state index in [2.05, 4.69) is 21.6 Å². The average molecular weight is 528 g/mol. The third kappa shape index (κ3) is 7.78. The molecule has 1 amide bonds. The number of rotatable bonds is 10. The van der Waals surface area contributed by atoms with Crippen molar-refractivity contribution in [2.24, 2.45) is 4.99 Å². The summed E-state index contributed by atoms with van der Waals surface area (Å²) in [5.41, 5.74) is 2.18. The van der Waals surface area contributed by atoms with Gasteiger partial charge in [-0.1, -0.05) is 36.8 Å². The van der Waals surface area contributed by atoms with Gasteiger partial charge in [0.15, 0.2) is 5.27 Å². The van der Waals surface area contributed by atoms with E-state index in [1.54, 1.807) is 20.0 Å². The predicted octanol–water partition coefficient (Wildman–Crippen LogP) is 4.00. The molecule has 2 N–H and O–H groups in total. The van der Waals surface area contributed by atoms with Crippen LogP contribution in [0.5, 0.6) is 0 Å². The molecule has 0 spiro atoms. The van der Waals surface area contributed by atoms with Crippen LogP contribution in [0.3, 0.4) is 0 Å². The fourth-order valence-electron chi connectivity index (χ4n) is 3.66. The van der Waals surface area contributed by atoms with Crippen molar-refractivity contribution < 1.29 is 37.0 Å². The number of nitrogens with zero attached hydrogens (tertiary/aromatic N) is 3. The first-order chi connectivity index (χ1) is 18.1. The molecule has 0 fully saturated rings. The maximum atomic E-state index is 12.9. The fraction of sp³-hybridized carbons (Fsp3) is 0.259. The van der Waals surface area contributed by atoms with Crippen LogP contribution in [-0.4, -0.2) is 35.2 Å². The quantitative estimate of drug-likeness (QED) is 0.180. The van der Waals surface area contributed by atoms with E-state index < -0.39 is 17.6 Å². The number of benzene rings is 2. The van der Waals surface area contributed by atoms with E-state index in [1.165, 1.54) is 16.8 Å². The maximum absolute atomic E-state index is 12.9. The van der Waals surface area contributed by atoms with Crippen molar-refractivity contribution in [1.29, 1.82) is 0 Å². The predicted molar refractivity (Wildman–Crippen MR) is 134 cm³/mol. The molecule has 0 aliphatic rings. The first-order valence-electron chi connectivity index (χ1n) is 11.5. The number of ether oxygens (including phenoxy) is 1. The van der Waals surface area contributed by atoms with Crippen molar-refractivity contribution in [3.8, 4) is 12.5 Å². The highest BCUT2D eigenvalue weighted by Gasteiger charge is 2.30. The van der Waals surface area contributed by atoms with Crippen LogP contribution < -0.4 is 10.00 Å². The third-order valence-electron chi connectivity index (χ3n) is 5.31. The summed E-state index contributed by atoms with van der Waals surface area (Å²) < 4.78 is 50.9. The lowest BCUT2D eigenvalue weighted by Crippen LogP contribution is -2.35.